The Morgan fingerprint density at radius 1 is 1.70 bits per heavy atom. The predicted octanol–water partition coefficient (Wildman–Crippen LogP) is -0.329. The monoisotopic (exact) mass is 139 g/mol. The van der Waals surface area contributed by atoms with Crippen LogP contribution in [0.1, 0.15) is 0 Å². The number of carbonyl (C=O) groups excluding carboxylic acids is 1. The summed E-state index contributed by atoms with van der Waals surface area (Å²) in [4.78, 5) is 24.2. The Morgan fingerprint density at radius 3 is 2.50 bits per heavy atom. The molecule has 0 amide bonds. The molecule has 2 N–H and O–H groups in total. The molecule has 0 atom stereocenters. The zero-order valence-electron chi connectivity index (χ0n) is 5.00. The average Bonchev–Trinajstić information content (AvgIpc) is 1.91. The summed E-state index contributed by atoms with van der Waals surface area (Å²) in [5.41, 5.74) is -0.303. The first-order valence-corrected chi connectivity index (χ1v) is 2.35. The van der Waals surface area contributed by atoms with Gasteiger partial charge in [-0.05, 0) is 6.07 Å². The quantitative estimate of drug-likeness (QED) is 0.381. The van der Waals surface area contributed by atoms with Crippen molar-refractivity contribution in [3.8, 4) is 0 Å². The second-order valence-electron chi connectivity index (χ2n) is 1.19. The molecule has 0 unspecified atom stereocenters. The lowest BCUT2D eigenvalue weighted by Gasteiger charge is -1.72. The van der Waals surface area contributed by atoms with Crippen LogP contribution in [0.15, 0.2) is 23.3 Å². The maximum atomic E-state index is 10.1. The number of hydrogen-bond acceptors (Lipinski definition) is 4. The summed E-state index contributed by atoms with van der Waals surface area (Å²) in [6.07, 6.45) is 3.73. The largest absolute Gasteiger partial charge is 0.344 e. The highest BCUT2D eigenvalue weighted by atomic mass is 16.1. The van der Waals surface area contributed by atoms with E-state index in [0.717, 1.165) is 6.08 Å². The van der Waals surface area contributed by atoms with Crippen molar-refractivity contribution in [2.45, 2.75) is 0 Å². The van der Waals surface area contributed by atoms with E-state index in [4.69, 9.17) is 10.2 Å². The van der Waals surface area contributed by atoms with Crippen molar-refractivity contribution >= 4 is 6.08 Å². The van der Waals surface area contributed by atoms with E-state index in [-0.39, 0.29) is 5.69 Å². The minimum Gasteiger partial charge on any atom is -0.313 e. The Bertz CT molecular complexity index is 244. The van der Waals surface area contributed by atoms with Gasteiger partial charge in [0.1, 0.15) is 0 Å². The molecule has 1 heterocycles. The Labute approximate surface area is 56.2 Å². The molecular formula is C5H5N3O2. The summed E-state index contributed by atoms with van der Waals surface area (Å²) in [6.45, 7) is 0. The van der Waals surface area contributed by atoms with E-state index in [9.17, 15) is 4.79 Å². The molecule has 5 nitrogen and oxygen atoms in total. The van der Waals surface area contributed by atoms with Crippen LogP contribution >= 0.6 is 0 Å². The van der Waals surface area contributed by atoms with Crippen LogP contribution in [-0.4, -0.2) is 16.0 Å². The van der Waals surface area contributed by atoms with Gasteiger partial charge in [-0.25, -0.2) is 20.0 Å². The van der Waals surface area contributed by atoms with Crippen molar-refractivity contribution in [3.05, 3.63) is 28.9 Å². The molecule has 0 radical (unpaired) electrons. The van der Waals surface area contributed by atoms with Gasteiger partial charge in [-0.3, -0.25) is 0 Å². The topological polar surface area (TPSA) is 86.7 Å². The lowest BCUT2D eigenvalue weighted by Crippen LogP contribution is -2.05. The van der Waals surface area contributed by atoms with Gasteiger partial charge in [0.05, 0.1) is 0 Å². The maximum absolute atomic E-state index is 10.1. The van der Waals surface area contributed by atoms with Gasteiger partial charge in [-0.1, -0.05) is 0 Å². The zero-order valence-corrected chi connectivity index (χ0v) is 5.00. The molecule has 0 aromatic carbocycles. The third-order valence-corrected chi connectivity index (χ3v) is 0.581. The molecule has 0 saturated heterocycles. The Hall–Kier alpha value is -1.74. The van der Waals surface area contributed by atoms with Crippen molar-refractivity contribution in [1.82, 2.24) is 9.97 Å². The molecule has 0 saturated carbocycles. The van der Waals surface area contributed by atoms with Crippen LogP contribution in [0, 0.1) is 5.41 Å². The second kappa shape index (κ2) is 5.40. The number of aromatic amines is 1. The fourth-order valence-corrected chi connectivity index (χ4v) is 0.310. The first kappa shape index (κ1) is 8.26. The Morgan fingerprint density at radius 2 is 2.30 bits per heavy atom. The maximum Gasteiger partial charge on any atom is 0.344 e. The van der Waals surface area contributed by atoms with Crippen LogP contribution < -0.4 is 5.69 Å². The molecule has 0 fully saturated rings. The standard InChI is InChI=1S/C4H4N2O.CHNO/c7-4-5-2-1-3-6-4;2-1-3/h1-3H,(H,5,6,7);2H. The van der Waals surface area contributed by atoms with E-state index in [2.05, 4.69) is 9.97 Å². The van der Waals surface area contributed by atoms with Crippen LogP contribution in [0.3, 0.4) is 0 Å². The van der Waals surface area contributed by atoms with Crippen molar-refractivity contribution in [2.75, 3.05) is 0 Å². The molecule has 10 heavy (non-hydrogen) atoms. The first-order valence-electron chi connectivity index (χ1n) is 2.35. The van der Waals surface area contributed by atoms with Crippen LogP contribution in [0.2, 0.25) is 0 Å². The minimum atomic E-state index is -0.303. The highest BCUT2D eigenvalue weighted by molar-refractivity contribution is 5.26. The van der Waals surface area contributed by atoms with E-state index in [1.165, 1.54) is 12.4 Å². The van der Waals surface area contributed by atoms with Crippen LogP contribution in [0.25, 0.3) is 0 Å². The van der Waals surface area contributed by atoms with Crippen LogP contribution in [-0.2, 0) is 4.79 Å². The number of nitrogens with one attached hydrogen (secondary N) is 2. The molecular weight excluding hydrogens is 134 g/mol. The van der Waals surface area contributed by atoms with Crippen molar-refractivity contribution in [2.24, 2.45) is 0 Å². The molecule has 0 aliphatic heterocycles. The van der Waals surface area contributed by atoms with Crippen molar-refractivity contribution in [3.63, 3.8) is 0 Å². The number of rotatable bonds is 0. The molecule has 1 rings (SSSR count). The summed E-state index contributed by atoms with van der Waals surface area (Å²) >= 11 is 0. The van der Waals surface area contributed by atoms with Gasteiger partial charge >= 0.3 is 5.69 Å². The lowest BCUT2D eigenvalue weighted by atomic mass is 10.7. The molecule has 1 aromatic heterocycles. The van der Waals surface area contributed by atoms with E-state index in [1.807, 2.05) is 0 Å². The SMILES string of the molecule is N=C=O.O=c1nccc[nH]1. The normalized spacial score (nSPS) is 6.80. The molecule has 0 aliphatic rings. The van der Waals surface area contributed by atoms with E-state index >= 15 is 0 Å². The van der Waals surface area contributed by atoms with Crippen LogP contribution in [0.4, 0.5) is 0 Å². The highest BCUT2D eigenvalue weighted by Crippen LogP contribution is 1.60. The third-order valence-electron chi connectivity index (χ3n) is 0.581. The Kier molecular flexibility index (Phi) is 4.46. The van der Waals surface area contributed by atoms with Gasteiger partial charge in [0, 0.05) is 12.4 Å². The second-order valence-corrected chi connectivity index (χ2v) is 1.19. The van der Waals surface area contributed by atoms with E-state index in [0.29, 0.717) is 0 Å². The van der Waals surface area contributed by atoms with Gasteiger partial charge in [-0.2, -0.15) is 0 Å². The molecule has 1 aromatic rings. The molecule has 5 heteroatoms. The predicted molar refractivity (Wildman–Crippen MR) is 33.3 cm³/mol. The number of hydrogen-bond donors (Lipinski definition) is 2. The Balaban J connectivity index is 0.000000236. The van der Waals surface area contributed by atoms with Gasteiger partial charge in [-0.15, -0.1) is 0 Å². The molecule has 0 spiro atoms. The van der Waals surface area contributed by atoms with Gasteiger partial charge in [0.15, 0.2) is 0 Å². The summed E-state index contributed by atoms with van der Waals surface area (Å²) in [5.74, 6) is 0. The fourth-order valence-electron chi connectivity index (χ4n) is 0.310. The van der Waals surface area contributed by atoms with Crippen molar-refractivity contribution in [1.29, 1.82) is 5.41 Å². The lowest BCUT2D eigenvalue weighted by molar-refractivity contribution is 0.563. The first-order chi connectivity index (χ1) is 4.81. The highest BCUT2D eigenvalue weighted by Gasteiger charge is 1.70. The van der Waals surface area contributed by atoms with Crippen LogP contribution in [0.5, 0.6) is 0 Å². The summed E-state index contributed by atoms with van der Waals surface area (Å²) in [7, 11) is 0. The molecule has 0 bridgehead atoms. The van der Waals surface area contributed by atoms with Gasteiger partial charge in [0.2, 0.25) is 6.08 Å². The van der Waals surface area contributed by atoms with Crippen molar-refractivity contribution < 1.29 is 4.79 Å². The van der Waals surface area contributed by atoms with Gasteiger partial charge < -0.3 is 4.98 Å². The minimum absolute atomic E-state index is 0.303. The number of H-pyrrole nitrogens is 1. The van der Waals surface area contributed by atoms with Gasteiger partial charge in [0.25, 0.3) is 0 Å². The van der Waals surface area contributed by atoms with E-state index in [1.54, 1.807) is 6.07 Å². The zero-order chi connectivity index (χ0) is 7.82. The summed E-state index contributed by atoms with van der Waals surface area (Å²) < 4.78 is 0. The van der Waals surface area contributed by atoms with E-state index < -0.39 is 0 Å². The summed E-state index contributed by atoms with van der Waals surface area (Å²) in [5, 5.41) is 5.40. The number of aromatic nitrogens is 2. The molecule has 0 aliphatic carbocycles. The number of nitrogens with zero attached hydrogens (tertiary/aromatic N) is 1. The number of isocyanates is 1. The summed E-state index contributed by atoms with van der Waals surface area (Å²) in [6, 6.07) is 1.65. The third kappa shape index (κ3) is 4.42. The fraction of sp³-hybridized carbons (Fsp3) is 0. The molecule has 52 valence electrons. The average molecular weight is 139 g/mol. The smallest absolute Gasteiger partial charge is 0.313 e.